The molecule has 0 saturated carbocycles. The SMILES string of the molecule is Cc1cccc(-c2ccc(C(=O)N(C)Cc3ccc(N4CCOCC4)cc3)c(=O)[nH]2)c1. The molecule has 6 heteroatoms. The van der Waals surface area contributed by atoms with Crippen LogP contribution in [-0.2, 0) is 11.3 Å². The summed E-state index contributed by atoms with van der Waals surface area (Å²) < 4.78 is 5.40. The van der Waals surface area contributed by atoms with Crippen molar-refractivity contribution in [1.29, 1.82) is 0 Å². The molecule has 1 fully saturated rings. The zero-order chi connectivity index (χ0) is 21.8. The van der Waals surface area contributed by atoms with Crippen LogP contribution in [0.4, 0.5) is 5.69 Å². The first kappa shape index (κ1) is 20.9. The van der Waals surface area contributed by atoms with Gasteiger partial charge in [-0.1, -0.05) is 35.9 Å². The number of ether oxygens (including phenoxy) is 1. The van der Waals surface area contributed by atoms with Gasteiger partial charge in [-0.25, -0.2) is 0 Å². The summed E-state index contributed by atoms with van der Waals surface area (Å²) in [6.07, 6.45) is 0. The van der Waals surface area contributed by atoms with E-state index in [-0.39, 0.29) is 17.0 Å². The first-order chi connectivity index (χ1) is 15.0. The van der Waals surface area contributed by atoms with Crippen LogP contribution in [0.3, 0.4) is 0 Å². The summed E-state index contributed by atoms with van der Waals surface area (Å²) in [6.45, 7) is 5.70. The third kappa shape index (κ3) is 4.86. The lowest BCUT2D eigenvalue weighted by Gasteiger charge is -2.29. The van der Waals surface area contributed by atoms with Crippen LogP contribution in [-0.4, -0.2) is 49.1 Å². The molecule has 2 aromatic carbocycles. The molecule has 1 aliphatic rings. The normalized spacial score (nSPS) is 13.8. The highest BCUT2D eigenvalue weighted by atomic mass is 16.5. The Hall–Kier alpha value is -3.38. The molecule has 1 aromatic heterocycles. The van der Waals surface area contributed by atoms with Crippen LogP contribution in [0.5, 0.6) is 0 Å². The predicted molar refractivity (Wildman–Crippen MR) is 123 cm³/mol. The number of amides is 1. The van der Waals surface area contributed by atoms with Crippen molar-refractivity contribution in [3.05, 3.63) is 87.7 Å². The minimum atomic E-state index is -0.376. The van der Waals surface area contributed by atoms with Crippen LogP contribution in [0.1, 0.15) is 21.5 Å². The Labute approximate surface area is 182 Å². The van der Waals surface area contributed by atoms with Crippen molar-refractivity contribution in [3.8, 4) is 11.3 Å². The Balaban J connectivity index is 1.44. The summed E-state index contributed by atoms with van der Waals surface area (Å²) in [5, 5.41) is 0. The van der Waals surface area contributed by atoms with Crippen molar-refractivity contribution < 1.29 is 9.53 Å². The van der Waals surface area contributed by atoms with Gasteiger partial charge in [-0.2, -0.15) is 0 Å². The molecule has 0 unspecified atom stereocenters. The third-order valence-corrected chi connectivity index (χ3v) is 5.55. The fourth-order valence-corrected chi connectivity index (χ4v) is 3.81. The summed E-state index contributed by atoms with van der Waals surface area (Å²) in [7, 11) is 1.71. The fourth-order valence-electron chi connectivity index (χ4n) is 3.81. The van der Waals surface area contributed by atoms with Crippen molar-refractivity contribution in [2.75, 3.05) is 38.3 Å². The molecule has 0 bridgehead atoms. The number of pyridine rings is 1. The zero-order valence-electron chi connectivity index (χ0n) is 17.9. The lowest BCUT2D eigenvalue weighted by Crippen LogP contribution is -2.36. The number of carbonyl (C=O) groups is 1. The van der Waals surface area contributed by atoms with E-state index in [1.807, 2.05) is 43.3 Å². The molecule has 1 N–H and O–H groups in total. The highest BCUT2D eigenvalue weighted by molar-refractivity contribution is 5.94. The van der Waals surface area contributed by atoms with Gasteiger partial charge in [0, 0.05) is 38.1 Å². The van der Waals surface area contributed by atoms with Crippen LogP contribution >= 0.6 is 0 Å². The highest BCUT2D eigenvalue weighted by Gasteiger charge is 2.17. The highest BCUT2D eigenvalue weighted by Crippen LogP contribution is 2.19. The zero-order valence-corrected chi connectivity index (χ0v) is 17.9. The van der Waals surface area contributed by atoms with Gasteiger partial charge < -0.3 is 19.5 Å². The van der Waals surface area contributed by atoms with E-state index in [2.05, 4.69) is 22.0 Å². The number of hydrogen-bond acceptors (Lipinski definition) is 4. The lowest BCUT2D eigenvalue weighted by atomic mass is 10.1. The number of carbonyl (C=O) groups excluding carboxylic acids is 1. The molecule has 1 saturated heterocycles. The second-order valence-corrected chi connectivity index (χ2v) is 7.91. The van der Waals surface area contributed by atoms with Gasteiger partial charge in [0.25, 0.3) is 11.5 Å². The van der Waals surface area contributed by atoms with Gasteiger partial charge in [0.05, 0.1) is 13.2 Å². The van der Waals surface area contributed by atoms with E-state index in [1.54, 1.807) is 24.1 Å². The number of nitrogens with zero attached hydrogens (tertiary/aromatic N) is 2. The number of nitrogens with one attached hydrogen (secondary N) is 1. The van der Waals surface area contributed by atoms with Crippen molar-refractivity contribution in [2.45, 2.75) is 13.5 Å². The average Bonchev–Trinajstić information content (AvgIpc) is 2.79. The fraction of sp³-hybridized carbons (Fsp3) is 0.280. The van der Waals surface area contributed by atoms with Crippen LogP contribution < -0.4 is 10.5 Å². The van der Waals surface area contributed by atoms with Gasteiger partial charge >= 0.3 is 0 Å². The van der Waals surface area contributed by atoms with E-state index < -0.39 is 0 Å². The summed E-state index contributed by atoms with van der Waals surface area (Å²) in [4.78, 5) is 32.2. The monoisotopic (exact) mass is 417 g/mol. The standard InChI is InChI=1S/C25H27N3O3/c1-18-4-3-5-20(16-18)23-11-10-22(24(29)26-23)25(30)27(2)17-19-6-8-21(9-7-19)28-12-14-31-15-13-28/h3-11,16H,12-15,17H2,1-2H3,(H,26,29). The number of hydrogen-bond donors (Lipinski definition) is 1. The van der Waals surface area contributed by atoms with E-state index in [1.165, 1.54) is 0 Å². The van der Waals surface area contributed by atoms with Crippen LogP contribution in [0.2, 0.25) is 0 Å². The predicted octanol–water partition coefficient (Wildman–Crippen LogP) is 3.46. The van der Waals surface area contributed by atoms with E-state index in [0.717, 1.165) is 48.7 Å². The Morgan fingerprint density at radius 1 is 1.06 bits per heavy atom. The van der Waals surface area contributed by atoms with Crippen molar-refractivity contribution in [2.24, 2.45) is 0 Å². The van der Waals surface area contributed by atoms with E-state index >= 15 is 0 Å². The maximum atomic E-state index is 12.9. The maximum Gasteiger partial charge on any atom is 0.261 e. The van der Waals surface area contributed by atoms with Crippen molar-refractivity contribution in [1.82, 2.24) is 9.88 Å². The lowest BCUT2D eigenvalue weighted by molar-refractivity contribution is 0.0783. The third-order valence-electron chi connectivity index (χ3n) is 5.55. The van der Waals surface area contributed by atoms with Gasteiger partial charge in [-0.15, -0.1) is 0 Å². The Kier molecular flexibility index (Phi) is 6.18. The number of aromatic nitrogens is 1. The number of aromatic amines is 1. The smallest absolute Gasteiger partial charge is 0.261 e. The molecule has 0 spiro atoms. The van der Waals surface area contributed by atoms with Gasteiger partial charge in [0.2, 0.25) is 0 Å². The number of aryl methyl sites for hydroxylation is 1. The molecule has 3 aromatic rings. The summed E-state index contributed by atoms with van der Waals surface area (Å²) in [5.41, 5.74) is 4.67. The molecule has 31 heavy (non-hydrogen) atoms. The number of benzene rings is 2. The van der Waals surface area contributed by atoms with Gasteiger partial charge in [-0.3, -0.25) is 9.59 Å². The molecule has 0 atom stereocenters. The molecule has 2 heterocycles. The summed E-state index contributed by atoms with van der Waals surface area (Å²) in [6, 6.07) is 19.5. The van der Waals surface area contributed by atoms with E-state index in [4.69, 9.17) is 4.74 Å². The molecule has 0 radical (unpaired) electrons. The molecule has 4 rings (SSSR count). The number of morpholine rings is 1. The second-order valence-electron chi connectivity index (χ2n) is 7.91. The second kappa shape index (κ2) is 9.18. The van der Waals surface area contributed by atoms with Gasteiger partial charge in [0.1, 0.15) is 5.56 Å². The van der Waals surface area contributed by atoms with Crippen LogP contribution in [0.25, 0.3) is 11.3 Å². The minimum Gasteiger partial charge on any atom is -0.378 e. The summed E-state index contributed by atoms with van der Waals surface area (Å²) >= 11 is 0. The Morgan fingerprint density at radius 3 is 2.48 bits per heavy atom. The molecule has 160 valence electrons. The maximum absolute atomic E-state index is 12.9. The van der Waals surface area contributed by atoms with Crippen molar-refractivity contribution in [3.63, 3.8) is 0 Å². The van der Waals surface area contributed by atoms with E-state index in [0.29, 0.717) is 12.2 Å². The van der Waals surface area contributed by atoms with Crippen LogP contribution in [0, 0.1) is 6.92 Å². The van der Waals surface area contributed by atoms with Gasteiger partial charge in [0.15, 0.2) is 0 Å². The van der Waals surface area contributed by atoms with Crippen LogP contribution in [0.15, 0.2) is 65.5 Å². The Morgan fingerprint density at radius 2 is 1.81 bits per heavy atom. The molecular weight excluding hydrogens is 390 g/mol. The summed E-state index contributed by atoms with van der Waals surface area (Å²) in [5.74, 6) is -0.297. The number of H-pyrrole nitrogens is 1. The Bertz CT molecular complexity index is 1120. The largest absolute Gasteiger partial charge is 0.378 e. The minimum absolute atomic E-state index is 0.142. The quantitative estimate of drug-likeness (QED) is 0.691. The first-order valence-electron chi connectivity index (χ1n) is 10.5. The molecule has 1 aliphatic heterocycles. The van der Waals surface area contributed by atoms with E-state index in [9.17, 15) is 9.59 Å². The van der Waals surface area contributed by atoms with Crippen molar-refractivity contribution >= 4 is 11.6 Å². The van der Waals surface area contributed by atoms with Gasteiger partial charge in [-0.05, 0) is 48.4 Å². The number of anilines is 1. The number of rotatable bonds is 5. The molecule has 1 amide bonds. The molecule has 6 nitrogen and oxygen atoms in total. The average molecular weight is 418 g/mol. The molecule has 0 aliphatic carbocycles. The molecular formula is C25H27N3O3. The topological polar surface area (TPSA) is 65.6 Å². The first-order valence-corrected chi connectivity index (χ1v) is 10.5.